The van der Waals surface area contributed by atoms with Crippen molar-refractivity contribution in [1.29, 1.82) is 0 Å². The van der Waals surface area contributed by atoms with Crippen LogP contribution in [0.1, 0.15) is 21.9 Å². The predicted octanol–water partition coefficient (Wildman–Crippen LogP) is 6.38. The number of rotatable bonds is 5. The van der Waals surface area contributed by atoms with Crippen LogP contribution in [0, 0.1) is 6.92 Å². The molecule has 3 rings (SSSR count). The van der Waals surface area contributed by atoms with Crippen LogP contribution in [0.25, 0.3) is 0 Å². The average Bonchev–Trinajstić information content (AvgIpc) is 3.06. The highest BCUT2D eigenvalue weighted by molar-refractivity contribution is 6.35. The molecule has 2 aromatic carbocycles. The van der Waals surface area contributed by atoms with Crippen LogP contribution in [0.4, 0.5) is 5.69 Å². The summed E-state index contributed by atoms with van der Waals surface area (Å²) in [5, 5.41) is 4.24. The van der Waals surface area contributed by atoms with Crippen molar-refractivity contribution in [2.45, 2.75) is 13.5 Å². The number of halogens is 3. The monoisotopic (exact) mass is 409 g/mol. The summed E-state index contributed by atoms with van der Waals surface area (Å²) < 4.78 is 11.1. The van der Waals surface area contributed by atoms with Crippen LogP contribution >= 0.6 is 34.8 Å². The summed E-state index contributed by atoms with van der Waals surface area (Å²) in [5.74, 6) is 0.763. The molecule has 0 unspecified atom stereocenters. The van der Waals surface area contributed by atoms with Crippen molar-refractivity contribution >= 4 is 46.4 Å². The van der Waals surface area contributed by atoms with Gasteiger partial charge in [0.2, 0.25) is 0 Å². The molecule has 0 atom stereocenters. The van der Waals surface area contributed by atoms with Crippen molar-refractivity contribution in [1.82, 2.24) is 0 Å². The Hall–Kier alpha value is -2.14. The Morgan fingerprint density at radius 3 is 2.58 bits per heavy atom. The number of benzene rings is 2. The molecule has 26 heavy (non-hydrogen) atoms. The molecule has 1 amide bonds. The second-order valence-electron chi connectivity index (χ2n) is 5.55. The number of hydrogen-bond acceptors (Lipinski definition) is 3. The molecule has 0 aliphatic rings. The lowest BCUT2D eigenvalue weighted by molar-refractivity contribution is 0.0992. The highest BCUT2D eigenvalue weighted by Crippen LogP contribution is 2.28. The molecule has 7 heteroatoms. The van der Waals surface area contributed by atoms with Crippen LogP contribution in [0.3, 0.4) is 0 Å². The molecule has 0 aliphatic heterocycles. The molecule has 0 aliphatic carbocycles. The largest absolute Gasteiger partial charge is 0.484 e. The maximum absolute atomic E-state index is 12.3. The maximum atomic E-state index is 12.3. The quantitative estimate of drug-likeness (QED) is 0.531. The average molecular weight is 411 g/mol. The molecule has 0 radical (unpaired) electrons. The normalized spacial score (nSPS) is 10.6. The van der Waals surface area contributed by atoms with E-state index in [0.717, 1.165) is 5.56 Å². The van der Waals surface area contributed by atoms with Crippen LogP contribution in [0.2, 0.25) is 15.1 Å². The van der Waals surface area contributed by atoms with E-state index in [2.05, 4.69) is 5.32 Å². The van der Waals surface area contributed by atoms with E-state index in [1.165, 1.54) is 0 Å². The Morgan fingerprint density at radius 1 is 1.04 bits per heavy atom. The molecule has 4 nitrogen and oxygen atoms in total. The van der Waals surface area contributed by atoms with E-state index in [1.807, 2.05) is 13.0 Å². The van der Waals surface area contributed by atoms with E-state index in [-0.39, 0.29) is 18.3 Å². The zero-order valence-electron chi connectivity index (χ0n) is 13.7. The number of anilines is 1. The van der Waals surface area contributed by atoms with Crippen LogP contribution in [0.15, 0.2) is 52.9 Å². The number of ether oxygens (including phenoxy) is 1. The SMILES string of the molecule is Cc1ccc(NC(=O)c2ccc(COc3ccc(Cl)cc3Cl)o2)cc1Cl. The second-order valence-corrected chi connectivity index (χ2v) is 6.80. The minimum Gasteiger partial charge on any atom is -0.484 e. The Balaban J connectivity index is 1.63. The van der Waals surface area contributed by atoms with Gasteiger partial charge >= 0.3 is 0 Å². The fraction of sp³-hybridized carbons (Fsp3) is 0.105. The molecule has 0 saturated carbocycles. The third kappa shape index (κ3) is 4.52. The number of furan rings is 1. The molecule has 0 saturated heterocycles. The van der Waals surface area contributed by atoms with Gasteiger partial charge in [-0.3, -0.25) is 4.79 Å². The predicted molar refractivity (Wildman–Crippen MR) is 104 cm³/mol. The molecule has 0 spiro atoms. The number of carbonyl (C=O) groups excluding carboxylic acids is 1. The Bertz CT molecular complexity index is 953. The molecule has 1 N–H and O–H groups in total. The number of aryl methyl sites for hydroxylation is 1. The van der Waals surface area contributed by atoms with Gasteiger partial charge in [0.15, 0.2) is 5.76 Å². The third-order valence-electron chi connectivity index (χ3n) is 3.58. The lowest BCUT2D eigenvalue weighted by Gasteiger charge is -2.07. The number of amides is 1. The van der Waals surface area contributed by atoms with Crippen molar-refractivity contribution in [3.63, 3.8) is 0 Å². The highest BCUT2D eigenvalue weighted by atomic mass is 35.5. The summed E-state index contributed by atoms with van der Waals surface area (Å²) in [5.41, 5.74) is 1.52. The lowest BCUT2D eigenvalue weighted by atomic mass is 10.2. The van der Waals surface area contributed by atoms with Gasteiger partial charge in [0, 0.05) is 15.7 Å². The summed E-state index contributed by atoms with van der Waals surface area (Å²) in [4.78, 5) is 12.3. The van der Waals surface area contributed by atoms with Gasteiger partial charge in [-0.15, -0.1) is 0 Å². The van der Waals surface area contributed by atoms with E-state index in [4.69, 9.17) is 44.0 Å². The van der Waals surface area contributed by atoms with Gasteiger partial charge in [-0.1, -0.05) is 40.9 Å². The summed E-state index contributed by atoms with van der Waals surface area (Å²) in [6, 6.07) is 13.5. The molecule has 1 heterocycles. The molecule has 1 aromatic heterocycles. The van der Waals surface area contributed by atoms with Gasteiger partial charge in [-0.2, -0.15) is 0 Å². The van der Waals surface area contributed by atoms with Gasteiger partial charge < -0.3 is 14.5 Å². The number of nitrogens with one attached hydrogen (secondary N) is 1. The lowest BCUT2D eigenvalue weighted by Crippen LogP contribution is -2.10. The smallest absolute Gasteiger partial charge is 0.291 e. The van der Waals surface area contributed by atoms with E-state index < -0.39 is 0 Å². The van der Waals surface area contributed by atoms with E-state index >= 15 is 0 Å². The van der Waals surface area contributed by atoms with Crippen molar-refractivity contribution in [3.8, 4) is 5.75 Å². The summed E-state index contributed by atoms with van der Waals surface area (Å²) >= 11 is 18.0. The molecular formula is C19H14Cl3NO3. The Kier molecular flexibility index (Phi) is 5.77. The van der Waals surface area contributed by atoms with Crippen molar-refractivity contribution < 1.29 is 13.9 Å². The maximum Gasteiger partial charge on any atom is 0.291 e. The minimum atomic E-state index is -0.374. The Morgan fingerprint density at radius 2 is 1.85 bits per heavy atom. The molecule has 0 bridgehead atoms. The first-order chi connectivity index (χ1) is 12.4. The van der Waals surface area contributed by atoms with Crippen molar-refractivity contribution in [2.24, 2.45) is 0 Å². The van der Waals surface area contributed by atoms with Crippen LogP contribution in [0.5, 0.6) is 5.75 Å². The first-order valence-corrected chi connectivity index (χ1v) is 8.80. The standard InChI is InChI=1S/C19H14Cl3NO3/c1-11-2-4-13(9-15(11)21)23-19(24)18-7-5-14(26-18)10-25-17-6-3-12(20)8-16(17)22/h2-9H,10H2,1H3,(H,23,24). The van der Waals surface area contributed by atoms with E-state index in [0.29, 0.717) is 32.3 Å². The highest BCUT2D eigenvalue weighted by Gasteiger charge is 2.13. The number of carbonyl (C=O) groups is 1. The zero-order valence-corrected chi connectivity index (χ0v) is 16.0. The molecule has 3 aromatic rings. The fourth-order valence-electron chi connectivity index (χ4n) is 2.18. The summed E-state index contributed by atoms with van der Waals surface area (Å²) in [6.07, 6.45) is 0. The zero-order chi connectivity index (χ0) is 18.7. The first kappa shape index (κ1) is 18.6. The summed E-state index contributed by atoms with van der Waals surface area (Å²) in [7, 11) is 0. The first-order valence-electron chi connectivity index (χ1n) is 7.66. The van der Waals surface area contributed by atoms with Crippen molar-refractivity contribution in [2.75, 3.05) is 5.32 Å². The van der Waals surface area contributed by atoms with E-state index in [1.54, 1.807) is 42.5 Å². The minimum absolute atomic E-state index is 0.130. The van der Waals surface area contributed by atoms with Crippen LogP contribution in [-0.2, 0) is 6.61 Å². The number of hydrogen-bond donors (Lipinski definition) is 1. The third-order valence-corrected chi connectivity index (χ3v) is 4.52. The van der Waals surface area contributed by atoms with Crippen LogP contribution < -0.4 is 10.1 Å². The van der Waals surface area contributed by atoms with E-state index in [9.17, 15) is 4.79 Å². The summed E-state index contributed by atoms with van der Waals surface area (Å²) in [6.45, 7) is 2.02. The molecular weight excluding hydrogens is 397 g/mol. The van der Waals surface area contributed by atoms with Crippen LogP contribution in [-0.4, -0.2) is 5.91 Å². The molecule has 0 fully saturated rings. The topological polar surface area (TPSA) is 51.5 Å². The van der Waals surface area contributed by atoms with Gasteiger partial charge in [-0.25, -0.2) is 0 Å². The van der Waals surface area contributed by atoms with Gasteiger partial charge in [0.25, 0.3) is 5.91 Å². The van der Waals surface area contributed by atoms with Gasteiger partial charge in [0.05, 0.1) is 5.02 Å². The van der Waals surface area contributed by atoms with Crippen molar-refractivity contribution in [3.05, 3.63) is 80.7 Å². The second kappa shape index (κ2) is 8.04. The molecule has 134 valence electrons. The van der Waals surface area contributed by atoms with Gasteiger partial charge in [0.1, 0.15) is 18.1 Å². The van der Waals surface area contributed by atoms with Gasteiger partial charge in [-0.05, 0) is 55.0 Å². The Labute approximate surface area is 165 Å². The fourth-order valence-corrected chi connectivity index (χ4v) is 2.83.